The van der Waals surface area contributed by atoms with Crippen molar-refractivity contribution in [2.75, 3.05) is 11.1 Å². The van der Waals surface area contributed by atoms with Gasteiger partial charge in [-0.25, -0.2) is 4.98 Å². The molecule has 0 aliphatic carbocycles. The van der Waals surface area contributed by atoms with E-state index in [1.165, 1.54) is 0 Å². The van der Waals surface area contributed by atoms with Crippen LogP contribution in [0.4, 0.5) is 11.6 Å². The molecule has 0 aliphatic rings. The van der Waals surface area contributed by atoms with Gasteiger partial charge in [0.05, 0.1) is 17.5 Å². The van der Waals surface area contributed by atoms with Crippen molar-refractivity contribution in [3.05, 3.63) is 54.1 Å². The van der Waals surface area contributed by atoms with Crippen LogP contribution in [0.15, 0.2) is 48.5 Å². The second kappa shape index (κ2) is 5.05. The number of carbonyl (C=O) groups excluding carboxylic acids is 1. The number of nitrogens with one attached hydrogen (secondary N) is 2. The fourth-order valence-corrected chi connectivity index (χ4v) is 2.01. The summed E-state index contributed by atoms with van der Waals surface area (Å²) in [5, 5.41) is 2.76. The fourth-order valence-electron chi connectivity index (χ4n) is 2.01. The first-order chi connectivity index (χ1) is 9.70. The van der Waals surface area contributed by atoms with E-state index in [-0.39, 0.29) is 12.3 Å². The maximum atomic E-state index is 11.9. The Balaban J connectivity index is 1.70. The lowest BCUT2D eigenvalue weighted by atomic mass is 10.1. The summed E-state index contributed by atoms with van der Waals surface area (Å²) >= 11 is 0. The Hall–Kier alpha value is -2.82. The number of imidazole rings is 1. The van der Waals surface area contributed by atoms with E-state index in [0.29, 0.717) is 11.6 Å². The third kappa shape index (κ3) is 2.61. The molecule has 0 atom stereocenters. The van der Waals surface area contributed by atoms with Crippen molar-refractivity contribution in [1.82, 2.24) is 9.97 Å². The molecule has 1 aromatic heterocycles. The summed E-state index contributed by atoms with van der Waals surface area (Å²) in [5.41, 5.74) is 8.93. The molecule has 0 fully saturated rings. The number of aromatic nitrogens is 2. The first-order valence-electron chi connectivity index (χ1n) is 6.30. The van der Waals surface area contributed by atoms with E-state index in [1.54, 1.807) is 12.1 Å². The van der Waals surface area contributed by atoms with Crippen LogP contribution in [0.5, 0.6) is 0 Å². The van der Waals surface area contributed by atoms with Gasteiger partial charge < -0.3 is 10.7 Å². The molecular formula is C15H14N4O. The fraction of sp³-hybridized carbons (Fsp3) is 0.0667. The predicted molar refractivity (Wildman–Crippen MR) is 79.3 cm³/mol. The highest BCUT2D eigenvalue weighted by Crippen LogP contribution is 2.13. The predicted octanol–water partition coefficient (Wildman–Crippen LogP) is 2.33. The molecule has 5 heteroatoms. The van der Waals surface area contributed by atoms with Crippen LogP contribution < -0.4 is 11.1 Å². The van der Waals surface area contributed by atoms with E-state index < -0.39 is 0 Å². The SMILES string of the molecule is Nc1ccc(CC(=O)Nc2nc3ccccc3[nH]2)cc1. The van der Waals surface area contributed by atoms with Crippen molar-refractivity contribution in [3.63, 3.8) is 0 Å². The lowest BCUT2D eigenvalue weighted by Crippen LogP contribution is -2.15. The highest BCUT2D eigenvalue weighted by Gasteiger charge is 2.07. The molecule has 3 aromatic rings. The molecular weight excluding hydrogens is 252 g/mol. The normalized spacial score (nSPS) is 10.6. The molecule has 3 rings (SSSR count). The topological polar surface area (TPSA) is 83.8 Å². The smallest absolute Gasteiger partial charge is 0.231 e. The third-order valence-corrected chi connectivity index (χ3v) is 2.99. The van der Waals surface area contributed by atoms with E-state index in [2.05, 4.69) is 15.3 Å². The van der Waals surface area contributed by atoms with E-state index >= 15 is 0 Å². The van der Waals surface area contributed by atoms with Crippen LogP contribution in [0.1, 0.15) is 5.56 Å². The standard InChI is InChI=1S/C15H14N4O/c16-11-7-5-10(6-8-11)9-14(20)19-15-17-12-3-1-2-4-13(12)18-15/h1-8H,9,16H2,(H2,17,18,19,20). The first-order valence-corrected chi connectivity index (χ1v) is 6.30. The van der Waals surface area contributed by atoms with Crippen molar-refractivity contribution in [1.29, 1.82) is 0 Å². The van der Waals surface area contributed by atoms with E-state index in [1.807, 2.05) is 36.4 Å². The number of nitrogens with zero attached hydrogens (tertiary/aromatic N) is 1. The summed E-state index contributed by atoms with van der Waals surface area (Å²) in [6, 6.07) is 14.9. The van der Waals surface area contributed by atoms with Gasteiger partial charge in [-0.15, -0.1) is 0 Å². The second-order valence-corrected chi connectivity index (χ2v) is 4.57. The van der Waals surface area contributed by atoms with Crippen LogP contribution in [0.2, 0.25) is 0 Å². The van der Waals surface area contributed by atoms with Crippen molar-refractivity contribution in [3.8, 4) is 0 Å². The number of amides is 1. The van der Waals surface area contributed by atoms with Gasteiger partial charge in [0.1, 0.15) is 0 Å². The molecule has 2 aromatic carbocycles. The van der Waals surface area contributed by atoms with Gasteiger partial charge >= 0.3 is 0 Å². The van der Waals surface area contributed by atoms with Gasteiger partial charge in [-0.1, -0.05) is 24.3 Å². The van der Waals surface area contributed by atoms with Gasteiger partial charge in [-0.3, -0.25) is 10.1 Å². The minimum atomic E-state index is -0.117. The quantitative estimate of drug-likeness (QED) is 0.636. The van der Waals surface area contributed by atoms with Gasteiger partial charge in [0.15, 0.2) is 0 Å². The summed E-state index contributed by atoms with van der Waals surface area (Å²) in [4.78, 5) is 19.3. The number of nitrogens with two attached hydrogens (primary N) is 1. The number of hydrogen-bond acceptors (Lipinski definition) is 3. The molecule has 4 N–H and O–H groups in total. The van der Waals surface area contributed by atoms with Crippen LogP contribution in [0.25, 0.3) is 11.0 Å². The zero-order valence-corrected chi connectivity index (χ0v) is 10.8. The number of aromatic amines is 1. The number of para-hydroxylation sites is 2. The van der Waals surface area contributed by atoms with Gasteiger partial charge in [0.25, 0.3) is 0 Å². The van der Waals surface area contributed by atoms with Crippen molar-refractivity contribution < 1.29 is 4.79 Å². The summed E-state index contributed by atoms with van der Waals surface area (Å²) < 4.78 is 0. The van der Waals surface area contributed by atoms with Crippen LogP contribution in [0.3, 0.4) is 0 Å². The molecule has 1 amide bonds. The minimum Gasteiger partial charge on any atom is -0.399 e. The number of carbonyl (C=O) groups is 1. The number of H-pyrrole nitrogens is 1. The van der Waals surface area contributed by atoms with E-state index in [0.717, 1.165) is 16.6 Å². The molecule has 100 valence electrons. The van der Waals surface area contributed by atoms with Crippen molar-refractivity contribution in [2.45, 2.75) is 6.42 Å². The van der Waals surface area contributed by atoms with E-state index in [4.69, 9.17) is 5.73 Å². The molecule has 0 saturated heterocycles. The molecule has 0 aliphatic heterocycles. The average Bonchev–Trinajstić information content (AvgIpc) is 2.83. The van der Waals surface area contributed by atoms with Gasteiger partial charge in [-0.05, 0) is 29.8 Å². The maximum Gasteiger partial charge on any atom is 0.231 e. The molecule has 0 radical (unpaired) electrons. The second-order valence-electron chi connectivity index (χ2n) is 4.57. The first kappa shape index (κ1) is 12.2. The molecule has 5 nitrogen and oxygen atoms in total. The number of fused-ring (bicyclic) bond motifs is 1. The third-order valence-electron chi connectivity index (χ3n) is 2.99. The molecule has 0 bridgehead atoms. The van der Waals surface area contributed by atoms with E-state index in [9.17, 15) is 4.79 Å². The summed E-state index contributed by atoms with van der Waals surface area (Å²) in [5.74, 6) is 0.348. The monoisotopic (exact) mass is 266 g/mol. The Morgan fingerprint density at radius 3 is 2.65 bits per heavy atom. The van der Waals surface area contributed by atoms with Crippen LogP contribution >= 0.6 is 0 Å². The molecule has 1 heterocycles. The lowest BCUT2D eigenvalue weighted by Gasteiger charge is -2.02. The molecule has 0 unspecified atom stereocenters. The van der Waals surface area contributed by atoms with Crippen molar-refractivity contribution >= 4 is 28.6 Å². The van der Waals surface area contributed by atoms with Crippen molar-refractivity contribution in [2.24, 2.45) is 0 Å². The average molecular weight is 266 g/mol. The summed E-state index contributed by atoms with van der Waals surface area (Å²) in [7, 11) is 0. The van der Waals surface area contributed by atoms with Gasteiger partial charge in [-0.2, -0.15) is 0 Å². The maximum absolute atomic E-state index is 11.9. The highest BCUT2D eigenvalue weighted by molar-refractivity contribution is 5.92. The van der Waals surface area contributed by atoms with Crippen LogP contribution in [-0.2, 0) is 11.2 Å². The van der Waals surface area contributed by atoms with Crippen LogP contribution in [-0.4, -0.2) is 15.9 Å². The molecule has 0 saturated carbocycles. The molecule has 0 spiro atoms. The summed E-state index contributed by atoms with van der Waals surface area (Å²) in [6.07, 6.45) is 0.289. The zero-order chi connectivity index (χ0) is 13.9. The largest absolute Gasteiger partial charge is 0.399 e. The number of benzene rings is 2. The summed E-state index contributed by atoms with van der Waals surface area (Å²) in [6.45, 7) is 0. The minimum absolute atomic E-state index is 0.117. The molecule has 20 heavy (non-hydrogen) atoms. The number of nitrogen functional groups attached to an aromatic ring is 1. The Labute approximate surface area is 115 Å². The number of rotatable bonds is 3. The number of hydrogen-bond donors (Lipinski definition) is 3. The van der Waals surface area contributed by atoms with Gasteiger partial charge in [0, 0.05) is 5.69 Å². The number of anilines is 2. The highest BCUT2D eigenvalue weighted by atomic mass is 16.1. The van der Waals surface area contributed by atoms with Crippen LogP contribution in [0, 0.1) is 0 Å². The lowest BCUT2D eigenvalue weighted by molar-refractivity contribution is -0.115. The Kier molecular flexibility index (Phi) is 3.09. The Morgan fingerprint density at radius 1 is 1.15 bits per heavy atom. The zero-order valence-electron chi connectivity index (χ0n) is 10.8. The Morgan fingerprint density at radius 2 is 1.90 bits per heavy atom. The Bertz CT molecular complexity index is 713. The van der Waals surface area contributed by atoms with Gasteiger partial charge in [0.2, 0.25) is 11.9 Å².